The van der Waals surface area contributed by atoms with Crippen molar-refractivity contribution in [3.05, 3.63) is 50.6 Å². The molecule has 0 aliphatic heterocycles. The Kier molecular flexibility index (Phi) is 13.8. The van der Waals surface area contributed by atoms with Gasteiger partial charge in [-0.15, -0.1) is 0 Å². The number of nitrogens with zero attached hydrogens (tertiary/aromatic N) is 2. The number of ketones is 2. The van der Waals surface area contributed by atoms with Crippen LogP contribution in [0.15, 0.2) is 50.6 Å². The molecule has 0 rings (SSSR count). The minimum atomic E-state index is -0.199. The molecule has 6 nitrogen and oxygen atoms in total. The molecule has 0 saturated carbocycles. The second kappa shape index (κ2) is 15.3. The van der Waals surface area contributed by atoms with Crippen molar-refractivity contribution in [2.75, 3.05) is 26.2 Å². The van der Waals surface area contributed by atoms with Gasteiger partial charge in [-0.05, 0) is 50.0 Å². The lowest BCUT2D eigenvalue weighted by Gasteiger charge is -2.25. The summed E-state index contributed by atoms with van der Waals surface area (Å²) in [6.07, 6.45) is 8.40. The van der Waals surface area contributed by atoms with Crippen LogP contribution in [0.4, 0.5) is 0 Å². The highest BCUT2D eigenvalue weighted by molar-refractivity contribution is 5.89. The number of carbonyl (C=O) groups excluding carboxylic acids is 4. The normalized spacial score (nSPS) is 9.86. The van der Waals surface area contributed by atoms with Crippen LogP contribution in [-0.2, 0) is 19.2 Å². The lowest BCUT2D eigenvalue weighted by molar-refractivity contribution is -0.127. The molecule has 154 valence electrons. The molecule has 2 amide bonds. The minimum Gasteiger partial charge on any atom is -0.339 e. The van der Waals surface area contributed by atoms with E-state index in [1.807, 2.05) is 0 Å². The predicted molar refractivity (Wildman–Crippen MR) is 112 cm³/mol. The Bertz CT molecular complexity index is 595. The first-order valence-corrected chi connectivity index (χ1v) is 9.52. The molecule has 0 saturated heterocycles. The summed E-state index contributed by atoms with van der Waals surface area (Å²) in [5, 5.41) is 0. The van der Waals surface area contributed by atoms with Crippen molar-refractivity contribution >= 4 is 23.4 Å². The number of amides is 2. The molecule has 0 aromatic heterocycles. The quantitative estimate of drug-likeness (QED) is 0.284. The first-order chi connectivity index (χ1) is 13.4. The van der Waals surface area contributed by atoms with E-state index in [1.165, 1.54) is 24.3 Å². The van der Waals surface area contributed by atoms with Gasteiger partial charge in [-0.2, -0.15) is 0 Å². The van der Waals surface area contributed by atoms with Crippen LogP contribution in [0.25, 0.3) is 0 Å². The molecule has 0 radical (unpaired) electrons. The van der Waals surface area contributed by atoms with Crippen molar-refractivity contribution in [3.8, 4) is 0 Å². The van der Waals surface area contributed by atoms with Crippen LogP contribution < -0.4 is 0 Å². The highest BCUT2D eigenvalue weighted by Gasteiger charge is 2.14. The first-order valence-electron chi connectivity index (χ1n) is 9.52. The molecule has 6 heteroatoms. The summed E-state index contributed by atoms with van der Waals surface area (Å²) in [5.74, 6) is -0.428. The van der Waals surface area contributed by atoms with Crippen LogP contribution in [0.2, 0.25) is 0 Å². The Balaban J connectivity index is 4.52. The number of unbranched alkanes of at least 4 members (excludes halogenated alkanes) is 1. The summed E-state index contributed by atoms with van der Waals surface area (Å²) < 4.78 is 0. The largest absolute Gasteiger partial charge is 0.339 e. The van der Waals surface area contributed by atoms with E-state index in [9.17, 15) is 19.2 Å². The zero-order valence-electron chi connectivity index (χ0n) is 16.7. The van der Waals surface area contributed by atoms with Crippen molar-refractivity contribution in [2.45, 2.75) is 38.5 Å². The Hall–Kier alpha value is -2.76. The lowest BCUT2D eigenvalue weighted by Crippen LogP contribution is -2.36. The molecule has 0 unspecified atom stereocenters. The van der Waals surface area contributed by atoms with E-state index in [2.05, 4.69) is 26.3 Å². The standard InChI is InChI=1S/C22H32N2O4/c1-5-19(25)13-9-10-15-23(21(27)7-3)17-12-18-24(22(28)8-4)16-11-14-20(26)6-2/h5-8H,1-4,9-18H2. The SMILES string of the molecule is C=CC(=O)CCCCN(CCCN(CCCC(=O)C=C)C(=O)C=C)C(=O)C=C. The molecule has 0 N–H and O–H groups in total. The van der Waals surface area contributed by atoms with Crippen LogP contribution in [-0.4, -0.2) is 59.4 Å². The van der Waals surface area contributed by atoms with Crippen molar-refractivity contribution < 1.29 is 19.2 Å². The number of allylic oxidation sites excluding steroid dienone is 2. The zero-order valence-corrected chi connectivity index (χ0v) is 16.7. The molecule has 0 atom stereocenters. The van der Waals surface area contributed by atoms with Gasteiger partial charge >= 0.3 is 0 Å². The third-order valence-corrected chi connectivity index (χ3v) is 4.24. The third-order valence-electron chi connectivity index (χ3n) is 4.24. The van der Waals surface area contributed by atoms with Gasteiger partial charge in [0.25, 0.3) is 0 Å². The van der Waals surface area contributed by atoms with Crippen molar-refractivity contribution in [1.29, 1.82) is 0 Å². The Morgan fingerprint density at radius 2 is 0.929 bits per heavy atom. The topological polar surface area (TPSA) is 74.8 Å². The highest BCUT2D eigenvalue weighted by Crippen LogP contribution is 2.05. The van der Waals surface area contributed by atoms with Crippen molar-refractivity contribution in [3.63, 3.8) is 0 Å². The maximum atomic E-state index is 12.0. The first kappa shape index (κ1) is 25.2. The lowest BCUT2D eigenvalue weighted by atomic mass is 10.1. The van der Waals surface area contributed by atoms with E-state index in [0.29, 0.717) is 64.7 Å². The molecular weight excluding hydrogens is 356 g/mol. The van der Waals surface area contributed by atoms with E-state index in [-0.39, 0.29) is 23.4 Å². The second-order valence-corrected chi connectivity index (χ2v) is 6.31. The van der Waals surface area contributed by atoms with Gasteiger partial charge in [0, 0.05) is 39.0 Å². The molecular formula is C22H32N2O4. The molecule has 0 bridgehead atoms. The number of carbonyl (C=O) groups is 4. The summed E-state index contributed by atoms with van der Waals surface area (Å²) >= 11 is 0. The van der Waals surface area contributed by atoms with Gasteiger partial charge in [-0.3, -0.25) is 19.2 Å². The molecule has 28 heavy (non-hydrogen) atoms. The molecule has 0 heterocycles. The Morgan fingerprint density at radius 3 is 1.36 bits per heavy atom. The smallest absolute Gasteiger partial charge is 0.245 e. The summed E-state index contributed by atoms with van der Waals surface area (Å²) in [6, 6.07) is 0. The molecule has 0 fully saturated rings. The Labute approximate surface area is 168 Å². The average Bonchev–Trinajstić information content (AvgIpc) is 2.72. The second-order valence-electron chi connectivity index (χ2n) is 6.31. The fourth-order valence-electron chi connectivity index (χ4n) is 2.63. The van der Waals surface area contributed by atoms with Crippen LogP contribution in [0.3, 0.4) is 0 Å². The van der Waals surface area contributed by atoms with Crippen LogP contribution in [0.5, 0.6) is 0 Å². The van der Waals surface area contributed by atoms with E-state index in [4.69, 9.17) is 0 Å². The maximum Gasteiger partial charge on any atom is 0.245 e. The number of hydrogen-bond donors (Lipinski definition) is 0. The van der Waals surface area contributed by atoms with Gasteiger partial charge in [0.1, 0.15) is 0 Å². The van der Waals surface area contributed by atoms with Crippen molar-refractivity contribution in [1.82, 2.24) is 9.80 Å². The summed E-state index contributed by atoms with van der Waals surface area (Å²) in [6.45, 7) is 15.8. The fourth-order valence-corrected chi connectivity index (χ4v) is 2.63. The summed E-state index contributed by atoms with van der Waals surface area (Å²) in [5.41, 5.74) is 0. The van der Waals surface area contributed by atoms with Gasteiger partial charge < -0.3 is 9.80 Å². The van der Waals surface area contributed by atoms with E-state index in [0.717, 1.165) is 0 Å². The van der Waals surface area contributed by atoms with Gasteiger partial charge in [0.15, 0.2) is 11.6 Å². The molecule has 0 aromatic rings. The molecule has 0 spiro atoms. The van der Waals surface area contributed by atoms with Crippen LogP contribution in [0.1, 0.15) is 38.5 Å². The minimum absolute atomic E-state index is 0.00453. The summed E-state index contributed by atoms with van der Waals surface area (Å²) in [7, 11) is 0. The van der Waals surface area contributed by atoms with Gasteiger partial charge in [-0.25, -0.2) is 0 Å². The van der Waals surface area contributed by atoms with Gasteiger partial charge in [0.2, 0.25) is 11.8 Å². The predicted octanol–water partition coefficient (Wildman–Crippen LogP) is 2.87. The van der Waals surface area contributed by atoms with Gasteiger partial charge in [0.05, 0.1) is 0 Å². The monoisotopic (exact) mass is 388 g/mol. The zero-order chi connectivity index (χ0) is 21.4. The summed E-state index contributed by atoms with van der Waals surface area (Å²) in [4.78, 5) is 49.9. The van der Waals surface area contributed by atoms with Crippen molar-refractivity contribution in [2.24, 2.45) is 0 Å². The van der Waals surface area contributed by atoms with Crippen LogP contribution >= 0.6 is 0 Å². The van der Waals surface area contributed by atoms with E-state index < -0.39 is 0 Å². The molecule has 0 aromatic carbocycles. The maximum absolute atomic E-state index is 12.0. The molecule has 0 aliphatic carbocycles. The van der Waals surface area contributed by atoms with Gasteiger partial charge in [-0.1, -0.05) is 26.3 Å². The number of rotatable bonds is 17. The third kappa shape index (κ3) is 11.1. The average molecular weight is 389 g/mol. The Morgan fingerprint density at radius 1 is 0.536 bits per heavy atom. The highest BCUT2D eigenvalue weighted by atomic mass is 16.2. The fraction of sp³-hybridized carbons (Fsp3) is 0.455. The number of hydrogen-bond acceptors (Lipinski definition) is 4. The van der Waals surface area contributed by atoms with E-state index >= 15 is 0 Å². The molecule has 0 aliphatic rings. The van der Waals surface area contributed by atoms with E-state index in [1.54, 1.807) is 9.80 Å². The van der Waals surface area contributed by atoms with Crippen LogP contribution in [0, 0.1) is 0 Å².